The summed E-state index contributed by atoms with van der Waals surface area (Å²) in [5.74, 6) is 0.205. The summed E-state index contributed by atoms with van der Waals surface area (Å²) in [4.78, 5) is 14.4. The van der Waals surface area contributed by atoms with Gasteiger partial charge in [-0.3, -0.25) is 9.69 Å². The second-order valence-electron chi connectivity index (χ2n) is 5.58. The zero-order valence-corrected chi connectivity index (χ0v) is 12.7. The van der Waals surface area contributed by atoms with Gasteiger partial charge in [0.25, 0.3) is 0 Å². The predicted molar refractivity (Wildman–Crippen MR) is 80.3 cm³/mol. The molecule has 0 bridgehead atoms. The molecule has 112 valence electrons. The van der Waals surface area contributed by atoms with E-state index in [0.29, 0.717) is 12.6 Å². The Morgan fingerprint density at radius 2 is 2.05 bits per heavy atom. The van der Waals surface area contributed by atoms with Crippen LogP contribution in [0.25, 0.3) is 0 Å². The van der Waals surface area contributed by atoms with Gasteiger partial charge in [-0.15, -0.1) is 0 Å². The van der Waals surface area contributed by atoms with E-state index in [0.717, 1.165) is 51.9 Å². The molecule has 0 aromatic carbocycles. The quantitative estimate of drug-likeness (QED) is 0.706. The van der Waals surface area contributed by atoms with Crippen molar-refractivity contribution in [2.75, 3.05) is 32.7 Å². The Hall–Kier alpha value is -0.610. The monoisotopic (exact) mass is 269 g/mol. The fourth-order valence-electron chi connectivity index (χ4n) is 2.62. The smallest absolute Gasteiger partial charge is 0.234 e. The third kappa shape index (κ3) is 7.53. The SMILES string of the molecule is CCCCC(CCC)NC(=O)CN1CCCNCC1. The van der Waals surface area contributed by atoms with Crippen LogP contribution in [0, 0.1) is 0 Å². The van der Waals surface area contributed by atoms with E-state index in [1.165, 1.54) is 12.8 Å². The first-order valence-electron chi connectivity index (χ1n) is 7.98. The van der Waals surface area contributed by atoms with Crippen molar-refractivity contribution >= 4 is 5.91 Å². The highest BCUT2D eigenvalue weighted by Crippen LogP contribution is 2.07. The molecule has 1 amide bonds. The van der Waals surface area contributed by atoms with Gasteiger partial charge in [0.2, 0.25) is 5.91 Å². The van der Waals surface area contributed by atoms with Gasteiger partial charge < -0.3 is 10.6 Å². The van der Waals surface area contributed by atoms with Crippen LogP contribution in [0.1, 0.15) is 52.4 Å². The third-order valence-corrected chi connectivity index (χ3v) is 3.71. The van der Waals surface area contributed by atoms with E-state index >= 15 is 0 Å². The fraction of sp³-hybridized carbons (Fsp3) is 0.933. The van der Waals surface area contributed by atoms with Gasteiger partial charge in [0, 0.05) is 19.1 Å². The van der Waals surface area contributed by atoms with Crippen molar-refractivity contribution in [1.82, 2.24) is 15.5 Å². The molecule has 0 spiro atoms. The second kappa shape index (κ2) is 10.2. The molecule has 19 heavy (non-hydrogen) atoms. The molecular weight excluding hydrogens is 238 g/mol. The van der Waals surface area contributed by atoms with E-state index in [-0.39, 0.29) is 5.91 Å². The average molecular weight is 269 g/mol. The first-order chi connectivity index (χ1) is 9.26. The first-order valence-corrected chi connectivity index (χ1v) is 7.98. The van der Waals surface area contributed by atoms with Crippen LogP contribution in [0.5, 0.6) is 0 Å². The van der Waals surface area contributed by atoms with Crippen molar-refractivity contribution in [2.45, 2.75) is 58.4 Å². The Morgan fingerprint density at radius 3 is 2.79 bits per heavy atom. The van der Waals surface area contributed by atoms with Crippen LogP contribution in [-0.4, -0.2) is 49.6 Å². The topological polar surface area (TPSA) is 44.4 Å². The Bertz CT molecular complexity index is 238. The lowest BCUT2D eigenvalue weighted by molar-refractivity contribution is -0.123. The Morgan fingerprint density at radius 1 is 1.21 bits per heavy atom. The molecule has 1 heterocycles. The van der Waals surface area contributed by atoms with Crippen LogP contribution in [0.15, 0.2) is 0 Å². The minimum atomic E-state index is 0.205. The van der Waals surface area contributed by atoms with E-state index in [1.807, 2.05) is 0 Å². The molecule has 0 radical (unpaired) electrons. The van der Waals surface area contributed by atoms with E-state index in [1.54, 1.807) is 0 Å². The van der Waals surface area contributed by atoms with Gasteiger partial charge in [0.1, 0.15) is 0 Å². The fourth-order valence-corrected chi connectivity index (χ4v) is 2.62. The van der Waals surface area contributed by atoms with Gasteiger partial charge in [0.15, 0.2) is 0 Å². The van der Waals surface area contributed by atoms with Gasteiger partial charge in [-0.25, -0.2) is 0 Å². The summed E-state index contributed by atoms with van der Waals surface area (Å²) in [6.45, 7) is 9.05. The number of unbranched alkanes of at least 4 members (excludes halogenated alkanes) is 1. The highest BCUT2D eigenvalue weighted by molar-refractivity contribution is 5.78. The molecule has 1 aliphatic heterocycles. The molecule has 0 aromatic rings. The number of nitrogens with zero attached hydrogens (tertiary/aromatic N) is 1. The molecule has 0 aromatic heterocycles. The molecule has 4 heteroatoms. The van der Waals surface area contributed by atoms with Crippen molar-refractivity contribution in [3.05, 3.63) is 0 Å². The summed E-state index contributed by atoms with van der Waals surface area (Å²) in [6, 6.07) is 0.377. The number of rotatable bonds is 8. The number of amides is 1. The minimum Gasteiger partial charge on any atom is -0.352 e. The molecule has 0 saturated carbocycles. The molecule has 2 N–H and O–H groups in total. The van der Waals surface area contributed by atoms with Crippen LogP contribution in [-0.2, 0) is 4.79 Å². The Kier molecular flexibility index (Phi) is 8.84. The summed E-state index contributed by atoms with van der Waals surface area (Å²) >= 11 is 0. The van der Waals surface area contributed by atoms with Gasteiger partial charge in [-0.2, -0.15) is 0 Å². The molecule has 0 aliphatic carbocycles. The van der Waals surface area contributed by atoms with E-state index in [9.17, 15) is 4.79 Å². The normalized spacial score (nSPS) is 18.8. The van der Waals surface area contributed by atoms with E-state index < -0.39 is 0 Å². The molecule has 1 rings (SSSR count). The average Bonchev–Trinajstić information content (AvgIpc) is 2.64. The first kappa shape index (κ1) is 16.4. The molecule has 1 atom stereocenters. The molecule has 1 fully saturated rings. The molecule has 4 nitrogen and oxygen atoms in total. The number of hydrogen-bond acceptors (Lipinski definition) is 3. The van der Waals surface area contributed by atoms with Gasteiger partial charge in [0.05, 0.1) is 6.54 Å². The van der Waals surface area contributed by atoms with Crippen LogP contribution in [0.3, 0.4) is 0 Å². The number of carbonyl (C=O) groups excluding carboxylic acids is 1. The van der Waals surface area contributed by atoms with Gasteiger partial charge in [-0.05, 0) is 32.4 Å². The van der Waals surface area contributed by atoms with Crippen LogP contribution < -0.4 is 10.6 Å². The van der Waals surface area contributed by atoms with Crippen LogP contribution in [0.2, 0.25) is 0 Å². The van der Waals surface area contributed by atoms with Gasteiger partial charge in [-0.1, -0.05) is 33.1 Å². The maximum absolute atomic E-state index is 12.1. The highest BCUT2D eigenvalue weighted by atomic mass is 16.2. The Balaban J connectivity index is 2.29. The molecular formula is C15H31N3O. The summed E-state index contributed by atoms with van der Waals surface area (Å²) in [5, 5.41) is 6.59. The summed E-state index contributed by atoms with van der Waals surface area (Å²) < 4.78 is 0. The Labute approximate surface area is 118 Å². The van der Waals surface area contributed by atoms with Crippen LogP contribution in [0.4, 0.5) is 0 Å². The third-order valence-electron chi connectivity index (χ3n) is 3.71. The number of carbonyl (C=O) groups is 1. The lowest BCUT2D eigenvalue weighted by Gasteiger charge is -2.22. The van der Waals surface area contributed by atoms with Crippen molar-refractivity contribution in [2.24, 2.45) is 0 Å². The lowest BCUT2D eigenvalue weighted by atomic mass is 10.1. The number of nitrogens with one attached hydrogen (secondary N) is 2. The van der Waals surface area contributed by atoms with Crippen molar-refractivity contribution in [3.8, 4) is 0 Å². The zero-order chi connectivity index (χ0) is 13.9. The zero-order valence-electron chi connectivity index (χ0n) is 12.7. The van der Waals surface area contributed by atoms with Crippen molar-refractivity contribution in [1.29, 1.82) is 0 Å². The summed E-state index contributed by atoms with van der Waals surface area (Å²) in [7, 11) is 0. The van der Waals surface area contributed by atoms with E-state index in [2.05, 4.69) is 29.4 Å². The molecule has 1 saturated heterocycles. The highest BCUT2D eigenvalue weighted by Gasteiger charge is 2.15. The summed E-state index contributed by atoms with van der Waals surface area (Å²) in [6.07, 6.45) is 6.92. The van der Waals surface area contributed by atoms with Crippen molar-refractivity contribution < 1.29 is 4.79 Å². The maximum atomic E-state index is 12.1. The van der Waals surface area contributed by atoms with Crippen molar-refractivity contribution in [3.63, 3.8) is 0 Å². The predicted octanol–water partition coefficient (Wildman–Crippen LogP) is 1.76. The standard InChI is InChI=1S/C15H31N3O/c1-3-5-8-14(7-4-2)17-15(19)13-18-11-6-9-16-10-12-18/h14,16H,3-13H2,1-2H3,(H,17,19). The van der Waals surface area contributed by atoms with Gasteiger partial charge >= 0.3 is 0 Å². The molecule has 1 unspecified atom stereocenters. The minimum absolute atomic E-state index is 0.205. The van der Waals surface area contributed by atoms with Crippen LogP contribution >= 0.6 is 0 Å². The lowest BCUT2D eigenvalue weighted by Crippen LogP contribution is -2.43. The molecule has 1 aliphatic rings. The number of hydrogen-bond donors (Lipinski definition) is 2. The maximum Gasteiger partial charge on any atom is 0.234 e. The second-order valence-corrected chi connectivity index (χ2v) is 5.58. The van der Waals surface area contributed by atoms with E-state index in [4.69, 9.17) is 0 Å². The largest absolute Gasteiger partial charge is 0.352 e. The summed E-state index contributed by atoms with van der Waals surface area (Å²) in [5.41, 5.74) is 0.